The van der Waals surface area contributed by atoms with Crippen molar-refractivity contribution in [2.24, 2.45) is 5.92 Å². The second kappa shape index (κ2) is 10.2. The van der Waals surface area contributed by atoms with Crippen LogP contribution in [0.15, 0.2) is 48.0 Å². The van der Waals surface area contributed by atoms with Gasteiger partial charge < -0.3 is 24.2 Å². The topological polar surface area (TPSA) is 81.1 Å². The molecule has 1 aromatic heterocycles. The molecule has 3 aromatic rings. The summed E-state index contributed by atoms with van der Waals surface area (Å²) in [6.07, 6.45) is 1.32. The lowest BCUT2D eigenvalue weighted by Crippen LogP contribution is -2.37. The molecule has 1 heterocycles. The third-order valence-electron chi connectivity index (χ3n) is 5.75. The maximum atomic E-state index is 13.6. The van der Waals surface area contributed by atoms with E-state index in [1.807, 2.05) is 24.3 Å². The summed E-state index contributed by atoms with van der Waals surface area (Å²) < 4.78 is 16.0. The van der Waals surface area contributed by atoms with Crippen molar-refractivity contribution in [3.05, 3.63) is 59.2 Å². The highest BCUT2D eigenvalue weighted by molar-refractivity contribution is 7.13. The van der Waals surface area contributed by atoms with E-state index in [9.17, 15) is 9.90 Å². The SMILES string of the molecule is COc1cccc(-c2scnc2C(=O)N(CC2CC2)CC(O)c2ccc(OC)c(OC)c2)c1. The molecule has 0 aliphatic heterocycles. The second-order valence-electron chi connectivity index (χ2n) is 8.05. The van der Waals surface area contributed by atoms with Crippen molar-refractivity contribution in [3.8, 4) is 27.7 Å². The fraction of sp³-hybridized carbons (Fsp3) is 0.360. The van der Waals surface area contributed by atoms with Gasteiger partial charge in [-0.1, -0.05) is 18.2 Å². The van der Waals surface area contributed by atoms with Crippen molar-refractivity contribution >= 4 is 17.2 Å². The molecule has 4 rings (SSSR count). The van der Waals surface area contributed by atoms with Crippen molar-refractivity contribution in [1.29, 1.82) is 0 Å². The van der Waals surface area contributed by atoms with Crippen LogP contribution < -0.4 is 14.2 Å². The number of benzene rings is 2. The molecule has 1 saturated carbocycles. The van der Waals surface area contributed by atoms with Crippen molar-refractivity contribution in [2.45, 2.75) is 18.9 Å². The molecule has 1 aliphatic rings. The molecule has 174 valence electrons. The molecule has 0 saturated heterocycles. The molecule has 7 nitrogen and oxygen atoms in total. The van der Waals surface area contributed by atoms with E-state index in [0.29, 0.717) is 35.2 Å². The summed E-state index contributed by atoms with van der Waals surface area (Å²) in [4.78, 5) is 20.5. The summed E-state index contributed by atoms with van der Waals surface area (Å²) in [6, 6.07) is 12.9. The number of ether oxygens (including phenoxy) is 3. The molecule has 1 amide bonds. The van der Waals surface area contributed by atoms with Crippen LogP contribution in [0.1, 0.15) is 35.0 Å². The molecule has 0 radical (unpaired) electrons. The van der Waals surface area contributed by atoms with Crippen LogP contribution in [0.5, 0.6) is 17.2 Å². The van der Waals surface area contributed by atoms with Gasteiger partial charge in [0.05, 0.1) is 44.4 Å². The number of methoxy groups -OCH3 is 3. The number of rotatable bonds is 10. The molecular weight excluding hydrogens is 440 g/mol. The molecule has 8 heteroatoms. The average Bonchev–Trinajstić information content (AvgIpc) is 3.54. The Morgan fingerprint density at radius 3 is 2.61 bits per heavy atom. The number of hydrogen-bond acceptors (Lipinski definition) is 7. The van der Waals surface area contributed by atoms with E-state index in [1.54, 1.807) is 49.9 Å². The van der Waals surface area contributed by atoms with E-state index in [0.717, 1.165) is 29.0 Å². The van der Waals surface area contributed by atoms with Gasteiger partial charge in [0.15, 0.2) is 11.5 Å². The highest BCUT2D eigenvalue weighted by Crippen LogP contribution is 2.35. The summed E-state index contributed by atoms with van der Waals surface area (Å²) in [5.41, 5.74) is 3.62. The summed E-state index contributed by atoms with van der Waals surface area (Å²) in [6.45, 7) is 0.762. The van der Waals surface area contributed by atoms with Crippen LogP contribution in [-0.4, -0.2) is 55.3 Å². The van der Waals surface area contributed by atoms with Gasteiger partial charge in [-0.25, -0.2) is 4.98 Å². The van der Waals surface area contributed by atoms with Gasteiger partial charge in [-0.3, -0.25) is 4.79 Å². The van der Waals surface area contributed by atoms with Crippen LogP contribution in [0.25, 0.3) is 10.4 Å². The Balaban J connectivity index is 1.58. The van der Waals surface area contributed by atoms with Crippen molar-refractivity contribution in [1.82, 2.24) is 9.88 Å². The van der Waals surface area contributed by atoms with Crippen LogP contribution >= 0.6 is 11.3 Å². The first-order valence-electron chi connectivity index (χ1n) is 10.8. The van der Waals surface area contributed by atoms with Crippen molar-refractivity contribution < 1.29 is 24.1 Å². The molecule has 1 fully saturated rings. The van der Waals surface area contributed by atoms with E-state index >= 15 is 0 Å². The normalized spacial score (nSPS) is 13.9. The molecule has 33 heavy (non-hydrogen) atoms. The zero-order chi connectivity index (χ0) is 23.4. The number of aliphatic hydroxyl groups excluding tert-OH is 1. The fourth-order valence-corrected chi connectivity index (χ4v) is 4.52. The van der Waals surface area contributed by atoms with Crippen molar-refractivity contribution in [2.75, 3.05) is 34.4 Å². The lowest BCUT2D eigenvalue weighted by Gasteiger charge is -2.26. The van der Waals surface area contributed by atoms with Crippen molar-refractivity contribution in [3.63, 3.8) is 0 Å². The molecule has 1 unspecified atom stereocenters. The van der Waals surface area contributed by atoms with Gasteiger partial charge in [-0.2, -0.15) is 0 Å². The minimum absolute atomic E-state index is 0.167. The van der Waals surface area contributed by atoms with Gasteiger partial charge in [0, 0.05) is 6.54 Å². The van der Waals surface area contributed by atoms with E-state index in [1.165, 1.54) is 11.3 Å². The number of carbonyl (C=O) groups excluding carboxylic acids is 1. The Bertz CT molecular complexity index is 1110. The van der Waals surface area contributed by atoms with E-state index in [2.05, 4.69) is 4.98 Å². The Labute approximate surface area is 197 Å². The summed E-state index contributed by atoms with van der Waals surface area (Å²) in [5, 5.41) is 11.0. The number of carbonyl (C=O) groups is 1. The number of amides is 1. The van der Waals surface area contributed by atoms with Gasteiger partial charge in [0.1, 0.15) is 11.4 Å². The molecular formula is C25H28N2O5S. The Morgan fingerprint density at radius 1 is 1.12 bits per heavy atom. The second-order valence-corrected chi connectivity index (χ2v) is 8.90. The zero-order valence-corrected chi connectivity index (χ0v) is 19.8. The Kier molecular flexibility index (Phi) is 7.15. The van der Waals surface area contributed by atoms with Gasteiger partial charge in [0.25, 0.3) is 5.91 Å². The number of thiazole rings is 1. The molecule has 1 atom stereocenters. The lowest BCUT2D eigenvalue weighted by molar-refractivity contribution is 0.0606. The first kappa shape index (κ1) is 23.1. The zero-order valence-electron chi connectivity index (χ0n) is 19.0. The largest absolute Gasteiger partial charge is 0.497 e. The maximum Gasteiger partial charge on any atom is 0.274 e. The van der Waals surface area contributed by atoms with E-state index < -0.39 is 6.10 Å². The van der Waals surface area contributed by atoms with Crippen LogP contribution in [-0.2, 0) is 0 Å². The summed E-state index contributed by atoms with van der Waals surface area (Å²) in [7, 11) is 4.74. The van der Waals surface area contributed by atoms with Gasteiger partial charge in [-0.05, 0) is 54.2 Å². The average molecular weight is 469 g/mol. The van der Waals surface area contributed by atoms with Crippen LogP contribution in [0.4, 0.5) is 0 Å². The Hall–Kier alpha value is -3.10. The summed E-state index contributed by atoms with van der Waals surface area (Å²) in [5.74, 6) is 2.13. The van der Waals surface area contributed by atoms with Gasteiger partial charge >= 0.3 is 0 Å². The predicted molar refractivity (Wildman–Crippen MR) is 127 cm³/mol. The molecule has 0 spiro atoms. The molecule has 1 aliphatic carbocycles. The minimum atomic E-state index is -0.869. The van der Waals surface area contributed by atoms with Gasteiger partial charge in [0.2, 0.25) is 0 Å². The maximum absolute atomic E-state index is 13.6. The molecule has 0 bridgehead atoms. The fourth-order valence-electron chi connectivity index (χ4n) is 3.74. The van der Waals surface area contributed by atoms with Crippen LogP contribution in [0.2, 0.25) is 0 Å². The third kappa shape index (κ3) is 5.29. The van der Waals surface area contributed by atoms with E-state index in [4.69, 9.17) is 14.2 Å². The monoisotopic (exact) mass is 468 g/mol. The number of aromatic nitrogens is 1. The lowest BCUT2D eigenvalue weighted by atomic mass is 10.1. The first-order chi connectivity index (χ1) is 16.0. The van der Waals surface area contributed by atoms with Gasteiger partial charge in [-0.15, -0.1) is 11.3 Å². The van der Waals surface area contributed by atoms with E-state index in [-0.39, 0.29) is 12.5 Å². The Morgan fingerprint density at radius 2 is 1.91 bits per heavy atom. The predicted octanol–water partition coefficient (Wildman–Crippen LogP) is 4.42. The number of nitrogens with zero attached hydrogens (tertiary/aromatic N) is 2. The highest BCUT2D eigenvalue weighted by Gasteiger charge is 2.31. The quantitative estimate of drug-likeness (QED) is 0.474. The summed E-state index contributed by atoms with van der Waals surface area (Å²) >= 11 is 1.42. The standard InChI is InChI=1S/C25H28N2O5S/c1-30-19-6-4-5-18(11-19)24-23(26-15-33-24)25(29)27(13-16-7-8-16)14-20(28)17-9-10-21(31-2)22(12-17)32-3/h4-6,9-12,15-16,20,28H,7-8,13-14H2,1-3H3. The third-order valence-corrected chi connectivity index (χ3v) is 6.63. The smallest absolute Gasteiger partial charge is 0.274 e. The number of hydrogen-bond donors (Lipinski definition) is 1. The van der Waals surface area contributed by atoms with Crippen LogP contribution in [0, 0.1) is 5.92 Å². The first-order valence-corrected chi connectivity index (χ1v) is 11.7. The highest BCUT2D eigenvalue weighted by atomic mass is 32.1. The minimum Gasteiger partial charge on any atom is -0.497 e. The number of aliphatic hydroxyl groups is 1. The molecule has 2 aromatic carbocycles. The molecule has 1 N–H and O–H groups in total. The van der Waals surface area contributed by atoms with Crippen LogP contribution in [0.3, 0.4) is 0 Å².